The average molecular weight is 349 g/mol. The summed E-state index contributed by atoms with van der Waals surface area (Å²) in [7, 11) is 0. The number of fused-ring (bicyclic) bond motifs is 1. The summed E-state index contributed by atoms with van der Waals surface area (Å²) in [4.78, 5) is 27.4. The highest BCUT2D eigenvalue weighted by Crippen LogP contribution is 2.22. The highest BCUT2D eigenvalue weighted by molar-refractivity contribution is 5.89. The number of pyridine rings is 1. The van der Waals surface area contributed by atoms with Crippen LogP contribution >= 0.6 is 0 Å². The van der Waals surface area contributed by atoms with Crippen LogP contribution in [0.2, 0.25) is 0 Å². The third-order valence-electron chi connectivity index (χ3n) is 4.02. The summed E-state index contributed by atoms with van der Waals surface area (Å²) < 4.78 is 5.54. The van der Waals surface area contributed by atoms with Gasteiger partial charge in [0.05, 0.1) is 11.1 Å². The fraction of sp³-hybridized carbons (Fsp3) is 0.150. The molecule has 26 heavy (non-hydrogen) atoms. The van der Waals surface area contributed by atoms with E-state index in [0.29, 0.717) is 12.1 Å². The van der Waals surface area contributed by atoms with Gasteiger partial charge in [-0.2, -0.15) is 0 Å². The molecule has 0 radical (unpaired) electrons. The number of nitrogens with two attached hydrogens (primary N) is 1. The zero-order chi connectivity index (χ0) is 18.5. The van der Waals surface area contributed by atoms with E-state index in [2.05, 4.69) is 10.3 Å². The zero-order valence-corrected chi connectivity index (χ0v) is 14.3. The molecule has 0 fully saturated rings. The first kappa shape index (κ1) is 17.4. The Balaban J connectivity index is 1.67. The van der Waals surface area contributed by atoms with E-state index >= 15 is 0 Å². The van der Waals surface area contributed by atoms with Crippen molar-refractivity contribution in [2.45, 2.75) is 19.6 Å². The smallest absolute Gasteiger partial charge is 0.338 e. The first-order valence-corrected chi connectivity index (χ1v) is 8.21. The number of aromatic nitrogens is 1. The summed E-state index contributed by atoms with van der Waals surface area (Å²) in [5, 5.41) is 3.49. The Morgan fingerprint density at radius 3 is 2.62 bits per heavy atom. The molecular weight excluding hydrogens is 330 g/mol. The van der Waals surface area contributed by atoms with Gasteiger partial charge in [0.2, 0.25) is 0 Å². The van der Waals surface area contributed by atoms with Crippen molar-refractivity contribution in [3.63, 3.8) is 0 Å². The maximum atomic E-state index is 12.3. The Hall–Kier alpha value is -3.41. The molecule has 0 spiro atoms. The number of esters is 1. The minimum atomic E-state index is -0.591. The van der Waals surface area contributed by atoms with Crippen LogP contribution in [0.15, 0.2) is 60.8 Å². The van der Waals surface area contributed by atoms with E-state index in [4.69, 9.17) is 10.5 Å². The van der Waals surface area contributed by atoms with Crippen LogP contribution in [0, 0.1) is 0 Å². The second-order valence-electron chi connectivity index (χ2n) is 5.92. The number of amides is 2. The van der Waals surface area contributed by atoms with E-state index in [-0.39, 0.29) is 0 Å². The van der Waals surface area contributed by atoms with Gasteiger partial charge in [0, 0.05) is 23.7 Å². The second-order valence-corrected chi connectivity index (χ2v) is 5.92. The summed E-state index contributed by atoms with van der Waals surface area (Å²) in [6.45, 7) is 2.12. The van der Waals surface area contributed by atoms with Gasteiger partial charge in [-0.15, -0.1) is 0 Å². The molecule has 0 saturated carbocycles. The Labute approximate surface area is 151 Å². The number of carbonyl (C=O) groups excluding carboxylic acids is 2. The molecule has 3 rings (SSSR count). The molecule has 0 saturated heterocycles. The van der Waals surface area contributed by atoms with Gasteiger partial charge in [0.1, 0.15) is 6.10 Å². The number of para-hydroxylation sites is 1. The number of ether oxygens (including phenoxy) is 1. The van der Waals surface area contributed by atoms with Crippen molar-refractivity contribution in [3.05, 3.63) is 77.5 Å². The highest BCUT2D eigenvalue weighted by atomic mass is 16.5. The first-order valence-electron chi connectivity index (χ1n) is 8.21. The van der Waals surface area contributed by atoms with E-state index in [1.165, 1.54) is 0 Å². The largest absolute Gasteiger partial charge is 0.454 e. The third-order valence-corrected chi connectivity index (χ3v) is 4.02. The average Bonchev–Trinajstić information content (AvgIpc) is 2.66. The number of rotatable bonds is 5. The number of hydrogen-bond acceptors (Lipinski definition) is 4. The summed E-state index contributed by atoms with van der Waals surface area (Å²) >= 11 is 0. The summed E-state index contributed by atoms with van der Waals surface area (Å²) in [6.07, 6.45) is 1.30. The van der Waals surface area contributed by atoms with Crippen molar-refractivity contribution in [2.75, 3.05) is 0 Å². The molecule has 3 aromatic rings. The minimum absolute atomic E-state index is 0.309. The van der Waals surface area contributed by atoms with Gasteiger partial charge >= 0.3 is 12.0 Å². The van der Waals surface area contributed by atoms with E-state index in [0.717, 1.165) is 22.0 Å². The van der Waals surface area contributed by atoms with Crippen molar-refractivity contribution < 1.29 is 14.3 Å². The number of urea groups is 1. The molecule has 0 aliphatic rings. The number of nitrogens with one attached hydrogen (secondary N) is 1. The van der Waals surface area contributed by atoms with Crippen molar-refractivity contribution in [1.82, 2.24) is 10.3 Å². The van der Waals surface area contributed by atoms with Crippen LogP contribution in [0.4, 0.5) is 4.79 Å². The number of hydrogen-bond donors (Lipinski definition) is 2. The van der Waals surface area contributed by atoms with Gasteiger partial charge < -0.3 is 15.8 Å². The predicted molar refractivity (Wildman–Crippen MR) is 98.4 cm³/mol. The lowest BCUT2D eigenvalue weighted by atomic mass is 10.1. The van der Waals surface area contributed by atoms with Gasteiger partial charge in [-0.25, -0.2) is 9.59 Å². The van der Waals surface area contributed by atoms with E-state index < -0.39 is 18.1 Å². The molecule has 0 bridgehead atoms. The molecular formula is C20H19N3O3. The fourth-order valence-electron chi connectivity index (χ4n) is 2.55. The molecule has 0 unspecified atom stereocenters. The number of carbonyl (C=O) groups is 2. The van der Waals surface area contributed by atoms with Crippen molar-refractivity contribution in [2.24, 2.45) is 5.73 Å². The van der Waals surface area contributed by atoms with Gasteiger partial charge in [-0.05, 0) is 36.8 Å². The van der Waals surface area contributed by atoms with Crippen molar-refractivity contribution in [3.8, 4) is 0 Å². The normalized spacial score (nSPS) is 11.7. The van der Waals surface area contributed by atoms with Crippen molar-refractivity contribution >= 4 is 22.9 Å². The molecule has 6 heteroatoms. The van der Waals surface area contributed by atoms with Gasteiger partial charge in [-0.3, -0.25) is 4.98 Å². The van der Waals surface area contributed by atoms with Crippen LogP contribution in [0.25, 0.3) is 10.9 Å². The second kappa shape index (κ2) is 7.65. The van der Waals surface area contributed by atoms with Gasteiger partial charge in [0.15, 0.2) is 0 Å². The molecule has 0 aliphatic carbocycles. The lowest BCUT2D eigenvalue weighted by Gasteiger charge is -2.14. The number of primary amides is 1. The Morgan fingerprint density at radius 2 is 1.88 bits per heavy atom. The van der Waals surface area contributed by atoms with Crippen LogP contribution in [-0.2, 0) is 11.3 Å². The van der Waals surface area contributed by atoms with Crippen LogP contribution in [0.3, 0.4) is 0 Å². The van der Waals surface area contributed by atoms with Gasteiger partial charge in [0.25, 0.3) is 0 Å². The monoisotopic (exact) mass is 349 g/mol. The van der Waals surface area contributed by atoms with Crippen molar-refractivity contribution in [1.29, 1.82) is 0 Å². The van der Waals surface area contributed by atoms with E-state index in [1.54, 1.807) is 30.5 Å². The Kier molecular flexibility index (Phi) is 5.12. The third kappa shape index (κ3) is 4.16. The zero-order valence-electron chi connectivity index (χ0n) is 14.3. The van der Waals surface area contributed by atoms with Crippen LogP contribution in [-0.4, -0.2) is 17.0 Å². The molecule has 1 heterocycles. The number of benzene rings is 2. The van der Waals surface area contributed by atoms with Crippen LogP contribution < -0.4 is 11.1 Å². The molecule has 2 aromatic carbocycles. The maximum absolute atomic E-state index is 12.3. The molecule has 132 valence electrons. The minimum Gasteiger partial charge on any atom is -0.454 e. The Bertz CT molecular complexity index is 938. The van der Waals surface area contributed by atoms with Gasteiger partial charge in [-0.1, -0.05) is 30.3 Å². The first-order chi connectivity index (χ1) is 12.5. The summed E-state index contributed by atoms with van der Waals surface area (Å²) in [6, 6.07) is 16.0. The molecule has 0 aliphatic heterocycles. The SMILES string of the molecule is C[C@@H](OC(=O)c1ccc(CNC(N)=O)cc1)c1cnc2ccccc2c1. The quantitative estimate of drug-likeness (QED) is 0.691. The molecule has 3 N–H and O–H groups in total. The highest BCUT2D eigenvalue weighted by Gasteiger charge is 2.14. The lowest BCUT2D eigenvalue weighted by molar-refractivity contribution is 0.0337. The van der Waals surface area contributed by atoms with Crippen LogP contribution in [0.5, 0.6) is 0 Å². The maximum Gasteiger partial charge on any atom is 0.338 e. The molecule has 6 nitrogen and oxygen atoms in total. The molecule has 1 atom stereocenters. The predicted octanol–water partition coefficient (Wildman–Crippen LogP) is 3.32. The topological polar surface area (TPSA) is 94.3 Å². The fourth-order valence-corrected chi connectivity index (χ4v) is 2.55. The number of nitrogens with zero attached hydrogens (tertiary/aromatic N) is 1. The molecule has 1 aromatic heterocycles. The Morgan fingerprint density at radius 1 is 1.15 bits per heavy atom. The van der Waals surface area contributed by atoms with E-state index in [1.807, 2.05) is 37.3 Å². The summed E-state index contributed by atoms with van der Waals surface area (Å²) in [5.74, 6) is -0.417. The van der Waals surface area contributed by atoms with E-state index in [9.17, 15) is 9.59 Å². The summed E-state index contributed by atoms with van der Waals surface area (Å²) in [5.41, 5.74) is 8.04. The lowest BCUT2D eigenvalue weighted by Crippen LogP contribution is -2.28. The molecule has 2 amide bonds. The van der Waals surface area contributed by atoms with Crippen LogP contribution in [0.1, 0.15) is 34.5 Å². The standard InChI is InChI=1S/C20H19N3O3/c1-13(17-10-16-4-2-3-5-18(16)22-12-17)26-19(24)15-8-6-14(7-9-15)11-23-20(21)25/h2-10,12-13H,11H2,1H3,(H3,21,23,25)/t13-/m1/s1.